The van der Waals surface area contributed by atoms with Crippen LogP contribution in [0.15, 0.2) is 66.9 Å². The zero-order valence-corrected chi connectivity index (χ0v) is 27.8. The zero-order chi connectivity index (χ0) is 33.2. The van der Waals surface area contributed by atoms with Gasteiger partial charge in [0, 0.05) is 45.6 Å². The van der Waals surface area contributed by atoms with Crippen LogP contribution in [0.5, 0.6) is 0 Å². The molecule has 0 bridgehead atoms. The van der Waals surface area contributed by atoms with E-state index in [4.69, 9.17) is 0 Å². The maximum absolute atomic E-state index is 13.7. The van der Waals surface area contributed by atoms with Crippen LogP contribution >= 0.6 is 0 Å². The SMILES string of the molecule is CCC(=O)N[C@H](Cc1ccc(CC(=O)[C@@H](NC(=O)c2ccnn2C)C2CCCCC2)cc1)C(=O)C[C@H]1CCN(Cc2ccccc2)C1. The minimum absolute atomic E-state index is 0.00121. The number of nitrogens with one attached hydrogen (secondary N) is 2. The molecule has 1 saturated heterocycles. The van der Waals surface area contributed by atoms with Gasteiger partial charge in [0.25, 0.3) is 5.91 Å². The first kappa shape index (κ1) is 34.2. The average molecular weight is 640 g/mol. The van der Waals surface area contributed by atoms with Crippen molar-refractivity contribution in [3.8, 4) is 0 Å². The fourth-order valence-corrected chi connectivity index (χ4v) is 7.11. The van der Waals surface area contributed by atoms with Gasteiger partial charge in [-0.05, 0) is 66.8 Å². The zero-order valence-electron chi connectivity index (χ0n) is 27.8. The van der Waals surface area contributed by atoms with Crippen molar-refractivity contribution in [3.05, 3.63) is 89.2 Å². The lowest BCUT2D eigenvalue weighted by Crippen LogP contribution is -2.47. The van der Waals surface area contributed by atoms with Gasteiger partial charge >= 0.3 is 0 Å². The van der Waals surface area contributed by atoms with E-state index in [1.165, 1.54) is 10.2 Å². The molecule has 1 aromatic heterocycles. The molecular weight excluding hydrogens is 590 g/mol. The van der Waals surface area contributed by atoms with Gasteiger partial charge in [0.2, 0.25) is 5.91 Å². The van der Waals surface area contributed by atoms with Crippen LogP contribution in [0.4, 0.5) is 0 Å². The standard InChI is InChI=1S/C38H49N5O4/c1-3-36(46)40-32(34(44)24-30-19-21-43(26-30)25-29-10-6-4-7-11-29)22-27-14-16-28(17-15-27)23-35(45)37(31-12-8-5-9-13-31)41-38(47)33-18-20-39-42(33)2/h4,6-7,10-11,14-18,20,30-32,37H,3,5,8-9,12-13,19,21-26H2,1-2H3,(H,40,46)(H,41,47)/t30-,32-,37+/m1/s1. The molecule has 250 valence electrons. The molecule has 2 N–H and O–H groups in total. The summed E-state index contributed by atoms with van der Waals surface area (Å²) in [6.07, 6.45) is 9.06. The molecule has 9 nitrogen and oxygen atoms in total. The molecule has 2 fully saturated rings. The number of carbonyl (C=O) groups is 4. The van der Waals surface area contributed by atoms with E-state index in [1.807, 2.05) is 30.3 Å². The van der Waals surface area contributed by atoms with E-state index in [1.54, 1.807) is 26.2 Å². The first-order chi connectivity index (χ1) is 22.8. The highest BCUT2D eigenvalue weighted by molar-refractivity contribution is 5.97. The lowest BCUT2D eigenvalue weighted by Gasteiger charge is -2.30. The highest BCUT2D eigenvalue weighted by atomic mass is 16.2. The average Bonchev–Trinajstić information content (AvgIpc) is 3.72. The Balaban J connectivity index is 1.19. The van der Waals surface area contributed by atoms with Crippen LogP contribution in [0.3, 0.4) is 0 Å². The predicted molar refractivity (Wildman–Crippen MR) is 182 cm³/mol. The second-order valence-electron chi connectivity index (χ2n) is 13.4. The molecule has 2 amide bonds. The molecule has 3 aromatic rings. The number of likely N-dealkylation sites (tertiary alicyclic amines) is 1. The molecule has 0 spiro atoms. The molecule has 2 aromatic carbocycles. The minimum Gasteiger partial charge on any atom is -0.346 e. The molecule has 5 rings (SSSR count). The van der Waals surface area contributed by atoms with Crippen LogP contribution < -0.4 is 10.6 Å². The number of hydrogen-bond acceptors (Lipinski definition) is 6. The Morgan fingerprint density at radius 2 is 1.57 bits per heavy atom. The van der Waals surface area contributed by atoms with Crippen LogP contribution in [0.1, 0.15) is 85.5 Å². The van der Waals surface area contributed by atoms with E-state index in [9.17, 15) is 19.2 Å². The number of benzene rings is 2. The fraction of sp³-hybridized carbons (Fsp3) is 0.500. The summed E-state index contributed by atoms with van der Waals surface area (Å²) in [6, 6.07) is 18.7. The Labute approximate surface area is 278 Å². The maximum Gasteiger partial charge on any atom is 0.270 e. The summed E-state index contributed by atoms with van der Waals surface area (Å²) < 4.78 is 1.52. The Morgan fingerprint density at radius 1 is 0.851 bits per heavy atom. The van der Waals surface area contributed by atoms with Gasteiger partial charge in [-0.1, -0.05) is 80.8 Å². The number of nitrogens with zero attached hydrogens (tertiary/aromatic N) is 3. The number of rotatable bonds is 15. The quantitative estimate of drug-likeness (QED) is 0.246. The van der Waals surface area contributed by atoms with E-state index in [0.717, 1.165) is 69.3 Å². The molecular formula is C38H49N5O4. The summed E-state index contributed by atoms with van der Waals surface area (Å²) in [6.45, 7) is 4.52. The lowest BCUT2D eigenvalue weighted by atomic mass is 9.81. The van der Waals surface area contributed by atoms with Crippen LogP contribution in [-0.4, -0.2) is 63.2 Å². The highest BCUT2D eigenvalue weighted by Gasteiger charge is 2.32. The topological polar surface area (TPSA) is 113 Å². The van der Waals surface area contributed by atoms with E-state index in [-0.39, 0.29) is 41.6 Å². The third kappa shape index (κ3) is 9.70. The van der Waals surface area contributed by atoms with Crippen molar-refractivity contribution < 1.29 is 19.2 Å². The molecule has 0 radical (unpaired) electrons. The largest absolute Gasteiger partial charge is 0.346 e. The molecule has 47 heavy (non-hydrogen) atoms. The molecule has 9 heteroatoms. The predicted octanol–water partition coefficient (Wildman–Crippen LogP) is 4.83. The van der Waals surface area contributed by atoms with Gasteiger partial charge in [0.15, 0.2) is 11.6 Å². The molecule has 1 aliphatic heterocycles. The summed E-state index contributed by atoms with van der Waals surface area (Å²) in [7, 11) is 1.72. The summed E-state index contributed by atoms with van der Waals surface area (Å²) in [5.74, 6) is 0.0432. The van der Waals surface area contributed by atoms with Crippen LogP contribution in [0, 0.1) is 11.8 Å². The first-order valence-corrected chi connectivity index (χ1v) is 17.3. The summed E-state index contributed by atoms with van der Waals surface area (Å²) in [4.78, 5) is 55.1. The highest BCUT2D eigenvalue weighted by Crippen LogP contribution is 2.28. The molecule has 2 heterocycles. The monoisotopic (exact) mass is 639 g/mol. The lowest BCUT2D eigenvalue weighted by molar-refractivity contribution is -0.128. The van der Waals surface area contributed by atoms with Crippen LogP contribution in [0.25, 0.3) is 0 Å². The van der Waals surface area contributed by atoms with Crippen LogP contribution in [0.2, 0.25) is 0 Å². The third-order valence-electron chi connectivity index (χ3n) is 9.80. The van der Waals surface area contributed by atoms with Crippen molar-refractivity contribution in [3.63, 3.8) is 0 Å². The third-order valence-corrected chi connectivity index (χ3v) is 9.80. The number of carbonyl (C=O) groups excluding carboxylic acids is 4. The number of hydrogen-bond donors (Lipinski definition) is 2. The smallest absolute Gasteiger partial charge is 0.270 e. The van der Waals surface area contributed by atoms with Crippen molar-refractivity contribution >= 4 is 23.4 Å². The molecule has 1 aliphatic carbocycles. The van der Waals surface area contributed by atoms with E-state index in [0.29, 0.717) is 25.0 Å². The summed E-state index contributed by atoms with van der Waals surface area (Å²) in [5.41, 5.74) is 3.50. The van der Waals surface area contributed by atoms with Gasteiger partial charge in [-0.25, -0.2) is 0 Å². The molecule has 0 unspecified atom stereocenters. The van der Waals surface area contributed by atoms with Crippen LogP contribution in [-0.2, 0) is 40.8 Å². The minimum atomic E-state index is -0.587. The van der Waals surface area contributed by atoms with E-state index < -0.39 is 12.1 Å². The maximum atomic E-state index is 13.7. The number of Topliss-reactive ketones (excluding diaryl/α,β-unsaturated/α-hetero) is 2. The number of ketones is 2. The van der Waals surface area contributed by atoms with E-state index >= 15 is 0 Å². The second kappa shape index (κ2) is 16.6. The fourth-order valence-electron chi connectivity index (χ4n) is 7.11. The first-order valence-electron chi connectivity index (χ1n) is 17.3. The van der Waals surface area contributed by atoms with Gasteiger partial charge in [-0.2, -0.15) is 5.10 Å². The van der Waals surface area contributed by atoms with Gasteiger partial charge < -0.3 is 10.6 Å². The number of aromatic nitrogens is 2. The molecule has 3 atom stereocenters. The Hall–Kier alpha value is -4.11. The number of amides is 2. The van der Waals surface area contributed by atoms with Crippen molar-refractivity contribution in [2.75, 3.05) is 13.1 Å². The van der Waals surface area contributed by atoms with Crippen molar-refractivity contribution in [2.24, 2.45) is 18.9 Å². The second-order valence-corrected chi connectivity index (χ2v) is 13.4. The normalized spacial score (nSPS) is 18.4. The summed E-state index contributed by atoms with van der Waals surface area (Å²) in [5, 5.41) is 10.1. The number of aryl methyl sites for hydroxylation is 1. The van der Waals surface area contributed by atoms with Crippen molar-refractivity contribution in [2.45, 2.75) is 89.8 Å². The molecule has 1 saturated carbocycles. The Bertz CT molecular complexity index is 1500. The molecule has 2 aliphatic rings. The Kier molecular flexibility index (Phi) is 12.1. The van der Waals surface area contributed by atoms with Gasteiger partial charge in [-0.15, -0.1) is 0 Å². The van der Waals surface area contributed by atoms with Crippen molar-refractivity contribution in [1.29, 1.82) is 0 Å². The van der Waals surface area contributed by atoms with Gasteiger partial charge in [0.1, 0.15) is 5.69 Å². The van der Waals surface area contributed by atoms with Gasteiger partial charge in [-0.3, -0.25) is 28.8 Å². The van der Waals surface area contributed by atoms with E-state index in [2.05, 4.69) is 44.9 Å². The Morgan fingerprint density at radius 3 is 2.26 bits per heavy atom. The van der Waals surface area contributed by atoms with Crippen molar-refractivity contribution in [1.82, 2.24) is 25.3 Å². The van der Waals surface area contributed by atoms with Gasteiger partial charge in [0.05, 0.1) is 12.1 Å². The summed E-state index contributed by atoms with van der Waals surface area (Å²) >= 11 is 0.